The SMILES string of the molecule is CN=C(NCc1ccc(OC)cc1)NCC(NC(=O)OC(C)(C)C)C(C)C.I. The van der Waals surface area contributed by atoms with E-state index in [9.17, 15) is 4.79 Å². The molecule has 1 aromatic rings. The fraction of sp³-hybridized carbons (Fsp3) is 0.600. The lowest BCUT2D eigenvalue weighted by Gasteiger charge is -2.26. The Morgan fingerprint density at radius 2 is 1.75 bits per heavy atom. The Balaban J connectivity index is 0.00000729. The summed E-state index contributed by atoms with van der Waals surface area (Å²) in [5.41, 5.74) is 0.598. The lowest BCUT2D eigenvalue weighted by molar-refractivity contribution is 0.0491. The van der Waals surface area contributed by atoms with Crippen LogP contribution >= 0.6 is 24.0 Å². The van der Waals surface area contributed by atoms with Crippen molar-refractivity contribution in [3.05, 3.63) is 29.8 Å². The third-order valence-corrected chi connectivity index (χ3v) is 3.84. The predicted octanol–water partition coefficient (Wildman–Crippen LogP) is 3.53. The molecule has 1 atom stereocenters. The minimum atomic E-state index is -0.519. The molecule has 1 unspecified atom stereocenters. The highest BCUT2D eigenvalue weighted by Crippen LogP contribution is 2.11. The second-order valence-electron chi connectivity index (χ2n) is 7.65. The van der Waals surface area contributed by atoms with Crippen molar-refractivity contribution < 1.29 is 14.3 Å². The summed E-state index contributed by atoms with van der Waals surface area (Å²) in [6.45, 7) is 10.8. The zero-order chi connectivity index (χ0) is 20.4. The van der Waals surface area contributed by atoms with E-state index < -0.39 is 11.7 Å². The van der Waals surface area contributed by atoms with Crippen LogP contribution in [0, 0.1) is 5.92 Å². The average molecular weight is 506 g/mol. The van der Waals surface area contributed by atoms with Gasteiger partial charge < -0.3 is 25.4 Å². The normalized spacial score (nSPS) is 12.6. The Labute approximate surface area is 186 Å². The molecule has 0 bridgehead atoms. The van der Waals surface area contributed by atoms with E-state index >= 15 is 0 Å². The number of carbonyl (C=O) groups excluding carboxylic acids is 1. The number of rotatable bonds is 7. The average Bonchev–Trinajstić information content (AvgIpc) is 2.59. The minimum absolute atomic E-state index is 0. The van der Waals surface area contributed by atoms with E-state index in [4.69, 9.17) is 9.47 Å². The minimum Gasteiger partial charge on any atom is -0.497 e. The predicted molar refractivity (Wildman–Crippen MR) is 125 cm³/mol. The van der Waals surface area contributed by atoms with E-state index in [2.05, 4.69) is 34.8 Å². The molecule has 0 spiro atoms. The number of amides is 1. The molecule has 7 nitrogen and oxygen atoms in total. The summed E-state index contributed by atoms with van der Waals surface area (Å²) in [7, 11) is 3.37. The Kier molecular flexibility index (Phi) is 11.9. The van der Waals surface area contributed by atoms with Crippen molar-refractivity contribution in [2.45, 2.75) is 52.8 Å². The highest BCUT2D eigenvalue weighted by Gasteiger charge is 2.21. The number of hydrogen-bond acceptors (Lipinski definition) is 4. The van der Waals surface area contributed by atoms with Gasteiger partial charge in [0.2, 0.25) is 0 Å². The molecule has 3 N–H and O–H groups in total. The van der Waals surface area contributed by atoms with Crippen molar-refractivity contribution in [1.29, 1.82) is 0 Å². The van der Waals surface area contributed by atoms with Gasteiger partial charge in [-0.2, -0.15) is 0 Å². The van der Waals surface area contributed by atoms with Crippen LogP contribution in [0.25, 0.3) is 0 Å². The fourth-order valence-electron chi connectivity index (χ4n) is 2.27. The van der Waals surface area contributed by atoms with Crippen LogP contribution in [0.2, 0.25) is 0 Å². The second-order valence-corrected chi connectivity index (χ2v) is 7.65. The van der Waals surface area contributed by atoms with Gasteiger partial charge in [-0.05, 0) is 44.4 Å². The van der Waals surface area contributed by atoms with Gasteiger partial charge in [0, 0.05) is 20.1 Å². The van der Waals surface area contributed by atoms with Crippen molar-refractivity contribution in [3.63, 3.8) is 0 Å². The summed E-state index contributed by atoms with van der Waals surface area (Å²) in [4.78, 5) is 16.3. The van der Waals surface area contributed by atoms with Gasteiger partial charge in [-0.25, -0.2) is 4.79 Å². The van der Waals surface area contributed by atoms with Gasteiger partial charge in [-0.15, -0.1) is 24.0 Å². The van der Waals surface area contributed by atoms with E-state index in [0.29, 0.717) is 19.0 Å². The molecule has 0 saturated heterocycles. The highest BCUT2D eigenvalue weighted by atomic mass is 127. The molecule has 160 valence electrons. The molecule has 0 radical (unpaired) electrons. The van der Waals surface area contributed by atoms with Gasteiger partial charge >= 0.3 is 6.09 Å². The monoisotopic (exact) mass is 506 g/mol. The number of ether oxygens (including phenoxy) is 2. The molecule has 1 rings (SSSR count). The Morgan fingerprint density at radius 3 is 2.21 bits per heavy atom. The van der Waals surface area contributed by atoms with Crippen LogP contribution in [0.1, 0.15) is 40.2 Å². The van der Waals surface area contributed by atoms with Crippen LogP contribution in [0.4, 0.5) is 4.79 Å². The lowest BCUT2D eigenvalue weighted by atomic mass is 10.0. The molecule has 0 aromatic heterocycles. The first kappa shape index (κ1) is 26.3. The standard InChI is InChI=1S/C20H34N4O3.HI/c1-14(2)17(24-19(25)27-20(3,4)5)13-23-18(21-6)22-12-15-8-10-16(26-7)11-9-15;/h8-11,14,17H,12-13H2,1-7H3,(H,24,25)(H2,21,22,23);1H. The zero-order valence-electron chi connectivity index (χ0n) is 18.0. The van der Waals surface area contributed by atoms with Crippen molar-refractivity contribution in [1.82, 2.24) is 16.0 Å². The van der Waals surface area contributed by atoms with Gasteiger partial charge in [-0.1, -0.05) is 26.0 Å². The third-order valence-electron chi connectivity index (χ3n) is 3.84. The number of nitrogens with zero attached hydrogens (tertiary/aromatic N) is 1. The Hall–Kier alpha value is -1.71. The molecule has 0 saturated carbocycles. The molecule has 0 fully saturated rings. The summed E-state index contributed by atoms with van der Waals surface area (Å²) in [6, 6.07) is 7.76. The second kappa shape index (κ2) is 12.7. The van der Waals surface area contributed by atoms with Crippen LogP contribution in [0.5, 0.6) is 5.75 Å². The first-order valence-corrected chi connectivity index (χ1v) is 9.21. The van der Waals surface area contributed by atoms with Crippen LogP contribution in [-0.2, 0) is 11.3 Å². The van der Waals surface area contributed by atoms with Gasteiger partial charge in [0.1, 0.15) is 11.4 Å². The number of hydrogen-bond donors (Lipinski definition) is 3. The zero-order valence-corrected chi connectivity index (χ0v) is 20.3. The molecule has 0 heterocycles. The molecular formula is C20H35IN4O3. The van der Waals surface area contributed by atoms with Crippen molar-refractivity contribution in [2.24, 2.45) is 10.9 Å². The fourth-order valence-corrected chi connectivity index (χ4v) is 2.27. The molecule has 0 aliphatic rings. The molecule has 8 heteroatoms. The van der Waals surface area contributed by atoms with Crippen molar-refractivity contribution in [2.75, 3.05) is 20.7 Å². The summed E-state index contributed by atoms with van der Waals surface area (Å²) < 4.78 is 10.5. The Bertz CT molecular complexity index is 613. The smallest absolute Gasteiger partial charge is 0.407 e. The van der Waals surface area contributed by atoms with Gasteiger partial charge in [0.25, 0.3) is 0 Å². The number of methoxy groups -OCH3 is 1. The number of nitrogens with one attached hydrogen (secondary N) is 3. The number of guanidine groups is 1. The summed E-state index contributed by atoms with van der Waals surface area (Å²) in [5, 5.41) is 9.44. The third kappa shape index (κ3) is 10.6. The Morgan fingerprint density at radius 1 is 1.14 bits per heavy atom. The van der Waals surface area contributed by atoms with Crippen LogP contribution < -0.4 is 20.7 Å². The molecular weight excluding hydrogens is 471 g/mol. The lowest BCUT2D eigenvalue weighted by Crippen LogP contribution is -2.50. The van der Waals surface area contributed by atoms with Crippen molar-refractivity contribution in [3.8, 4) is 5.75 Å². The summed E-state index contributed by atoms with van der Waals surface area (Å²) in [6.07, 6.45) is -0.413. The molecule has 1 amide bonds. The van der Waals surface area contributed by atoms with Crippen LogP contribution in [0.15, 0.2) is 29.3 Å². The quantitative estimate of drug-likeness (QED) is 0.300. The number of carbonyl (C=O) groups is 1. The van der Waals surface area contributed by atoms with Gasteiger partial charge in [0.15, 0.2) is 5.96 Å². The highest BCUT2D eigenvalue weighted by molar-refractivity contribution is 14.0. The largest absolute Gasteiger partial charge is 0.497 e. The maximum Gasteiger partial charge on any atom is 0.407 e. The summed E-state index contributed by atoms with van der Waals surface area (Å²) in [5.74, 6) is 1.74. The first-order valence-electron chi connectivity index (χ1n) is 9.21. The van der Waals surface area contributed by atoms with Crippen molar-refractivity contribution >= 4 is 36.0 Å². The number of benzene rings is 1. The first-order chi connectivity index (χ1) is 12.6. The number of halogens is 1. The van der Waals surface area contributed by atoms with Gasteiger partial charge in [0.05, 0.1) is 13.2 Å². The van der Waals surface area contributed by atoms with E-state index in [1.807, 2.05) is 45.0 Å². The maximum absolute atomic E-state index is 12.0. The van der Waals surface area contributed by atoms with E-state index in [-0.39, 0.29) is 35.9 Å². The van der Waals surface area contributed by atoms with E-state index in [1.165, 1.54) is 0 Å². The molecule has 1 aromatic carbocycles. The molecule has 0 aliphatic heterocycles. The molecule has 28 heavy (non-hydrogen) atoms. The van der Waals surface area contributed by atoms with Crippen LogP contribution in [-0.4, -0.2) is 44.4 Å². The topological polar surface area (TPSA) is 84.0 Å². The number of alkyl carbamates (subject to hydrolysis) is 1. The maximum atomic E-state index is 12.0. The van der Waals surface area contributed by atoms with E-state index in [1.54, 1.807) is 14.2 Å². The number of aliphatic imine (C=N–C) groups is 1. The van der Waals surface area contributed by atoms with Gasteiger partial charge in [-0.3, -0.25) is 4.99 Å². The summed E-state index contributed by atoms with van der Waals surface area (Å²) >= 11 is 0. The molecule has 0 aliphatic carbocycles. The van der Waals surface area contributed by atoms with E-state index in [0.717, 1.165) is 11.3 Å². The van der Waals surface area contributed by atoms with Crippen LogP contribution in [0.3, 0.4) is 0 Å².